The first-order valence-electron chi connectivity index (χ1n) is 6.91. The lowest BCUT2D eigenvalue weighted by atomic mass is 10.0. The van der Waals surface area contributed by atoms with Gasteiger partial charge in [-0.2, -0.15) is 0 Å². The van der Waals surface area contributed by atoms with Gasteiger partial charge < -0.3 is 20.5 Å². The number of amides is 1. The molecule has 1 saturated heterocycles. The number of aliphatic hydroxyl groups is 1. The first-order valence-corrected chi connectivity index (χ1v) is 6.91. The third-order valence-corrected chi connectivity index (χ3v) is 3.88. The van der Waals surface area contributed by atoms with Gasteiger partial charge in [-0.3, -0.25) is 4.79 Å². The Morgan fingerprint density at radius 3 is 2.78 bits per heavy atom. The summed E-state index contributed by atoms with van der Waals surface area (Å²) in [5, 5.41) is 15.9. The third kappa shape index (κ3) is 3.67. The van der Waals surface area contributed by atoms with Crippen LogP contribution in [0.3, 0.4) is 0 Å². The smallest absolute Gasteiger partial charge is 0.246 e. The number of carbonyl (C=O) groups excluding carboxylic acids is 1. The number of hydrogen-bond donors (Lipinski definition) is 3. The van der Waals surface area contributed by atoms with Crippen LogP contribution in [0.4, 0.5) is 0 Å². The molecular formula is C13H24N2O3. The third-order valence-electron chi connectivity index (χ3n) is 3.88. The zero-order valence-corrected chi connectivity index (χ0v) is 11.1. The van der Waals surface area contributed by atoms with Crippen LogP contribution in [0, 0.1) is 0 Å². The lowest BCUT2D eigenvalue weighted by Gasteiger charge is -2.38. The van der Waals surface area contributed by atoms with Crippen LogP contribution < -0.4 is 10.6 Å². The van der Waals surface area contributed by atoms with Crippen molar-refractivity contribution in [3.8, 4) is 0 Å². The minimum atomic E-state index is -0.405. The maximum absolute atomic E-state index is 11.8. The molecule has 0 spiro atoms. The van der Waals surface area contributed by atoms with Gasteiger partial charge in [0.15, 0.2) is 0 Å². The summed E-state index contributed by atoms with van der Waals surface area (Å²) in [6, 6.07) is -0.101. The summed E-state index contributed by atoms with van der Waals surface area (Å²) in [6.45, 7) is 3.68. The van der Waals surface area contributed by atoms with Crippen LogP contribution in [0.2, 0.25) is 0 Å². The minimum absolute atomic E-state index is 0.0847. The van der Waals surface area contributed by atoms with E-state index in [2.05, 4.69) is 10.6 Å². The zero-order chi connectivity index (χ0) is 13.0. The largest absolute Gasteiger partial charge is 0.391 e. The molecule has 5 nitrogen and oxygen atoms in total. The average Bonchev–Trinajstić information content (AvgIpc) is 2.50. The second-order valence-corrected chi connectivity index (χ2v) is 5.72. The number of carbonyl (C=O) groups is 1. The molecular weight excluding hydrogens is 232 g/mol. The maximum atomic E-state index is 11.8. The molecule has 0 aromatic rings. The molecule has 1 aliphatic heterocycles. The highest BCUT2D eigenvalue weighted by molar-refractivity contribution is 5.77. The minimum Gasteiger partial charge on any atom is -0.391 e. The van der Waals surface area contributed by atoms with E-state index in [9.17, 15) is 9.90 Å². The van der Waals surface area contributed by atoms with Gasteiger partial charge in [-0.1, -0.05) is 19.3 Å². The van der Waals surface area contributed by atoms with E-state index in [1.165, 1.54) is 0 Å². The molecule has 104 valence electrons. The van der Waals surface area contributed by atoms with Crippen LogP contribution in [0.25, 0.3) is 0 Å². The van der Waals surface area contributed by atoms with Crippen LogP contribution in [0.5, 0.6) is 0 Å². The van der Waals surface area contributed by atoms with E-state index >= 15 is 0 Å². The van der Waals surface area contributed by atoms with Gasteiger partial charge in [-0.05, 0) is 19.8 Å². The quantitative estimate of drug-likeness (QED) is 0.627. The predicted molar refractivity (Wildman–Crippen MR) is 68.2 cm³/mol. The fraction of sp³-hybridized carbons (Fsp3) is 0.923. The molecule has 2 atom stereocenters. The van der Waals surface area contributed by atoms with E-state index in [4.69, 9.17) is 4.74 Å². The van der Waals surface area contributed by atoms with Crippen molar-refractivity contribution in [2.45, 2.75) is 56.8 Å². The fourth-order valence-electron chi connectivity index (χ4n) is 2.52. The fourth-order valence-corrected chi connectivity index (χ4v) is 2.52. The molecule has 2 unspecified atom stereocenters. The topological polar surface area (TPSA) is 70.6 Å². The number of rotatable bonds is 4. The first kappa shape index (κ1) is 13.8. The van der Waals surface area contributed by atoms with Crippen molar-refractivity contribution in [2.24, 2.45) is 0 Å². The number of nitrogens with one attached hydrogen (secondary N) is 2. The molecule has 1 heterocycles. The molecule has 2 aliphatic rings. The van der Waals surface area contributed by atoms with Gasteiger partial charge in [0.05, 0.1) is 17.7 Å². The van der Waals surface area contributed by atoms with E-state index in [1.54, 1.807) is 0 Å². The summed E-state index contributed by atoms with van der Waals surface area (Å²) in [6.07, 6.45) is 4.51. The average molecular weight is 256 g/mol. The molecule has 18 heavy (non-hydrogen) atoms. The molecule has 1 saturated carbocycles. The van der Waals surface area contributed by atoms with Crippen molar-refractivity contribution in [2.75, 3.05) is 19.7 Å². The van der Waals surface area contributed by atoms with E-state index in [0.29, 0.717) is 0 Å². The van der Waals surface area contributed by atoms with E-state index in [0.717, 1.165) is 45.2 Å². The van der Waals surface area contributed by atoms with Crippen LogP contribution in [-0.4, -0.2) is 48.5 Å². The summed E-state index contributed by atoms with van der Waals surface area (Å²) in [4.78, 5) is 11.8. The van der Waals surface area contributed by atoms with Crippen LogP contribution in [0.1, 0.15) is 39.0 Å². The summed E-state index contributed by atoms with van der Waals surface area (Å²) in [5.74, 6) is -0.117. The zero-order valence-electron chi connectivity index (χ0n) is 11.1. The molecule has 2 rings (SSSR count). The molecule has 0 aromatic carbocycles. The second-order valence-electron chi connectivity index (χ2n) is 5.72. The second kappa shape index (κ2) is 5.99. The molecule has 1 aliphatic carbocycles. The number of aliphatic hydroxyl groups excluding tert-OH is 1. The van der Waals surface area contributed by atoms with Crippen molar-refractivity contribution in [1.82, 2.24) is 10.6 Å². The number of ether oxygens (including phenoxy) is 1. The van der Waals surface area contributed by atoms with Gasteiger partial charge in [0.25, 0.3) is 0 Å². The van der Waals surface area contributed by atoms with Crippen molar-refractivity contribution in [3.63, 3.8) is 0 Å². The van der Waals surface area contributed by atoms with Gasteiger partial charge in [0, 0.05) is 13.1 Å². The lowest BCUT2D eigenvalue weighted by Crippen LogP contribution is -2.60. The van der Waals surface area contributed by atoms with Gasteiger partial charge in [-0.15, -0.1) is 0 Å². The Morgan fingerprint density at radius 1 is 1.39 bits per heavy atom. The molecule has 0 radical (unpaired) electrons. The van der Waals surface area contributed by atoms with Crippen molar-refractivity contribution in [3.05, 3.63) is 0 Å². The normalized spacial score (nSPS) is 31.2. The van der Waals surface area contributed by atoms with E-state index in [-0.39, 0.29) is 24.2 Å². The summed E-state index contributed by atoms with van der Waals surface area (Å²) in [5.41, 5.74) is -0.195. The lowest BCUT2D eigenvalue weighted by molar-refractivity contribution is -0.137. The van der Waals surface area contributed by atoms with Crippen molar-refractivity contribution < 1.29 is 14.6 Å². The monoisotopic (exact) mass is 256 g/mol. The molecule has 5 heteroatoms. The Bertz CT molecular complexity index is 292. The highest BCUT2D eigenvalue weighted by Crippen LogP contribution is 2.18. The van der Waals surface area contributed by atoms with Crippen LogP contribution in [-0.2, 0) is 9.53 Å². The van der Waals surface area contributed by atoms with Gasteiger partial charge >= 0.3 is 0 Å². The van der Waals surface area contributed by atoms with Gasteiger partial charge in [0.2, 0.25) is 5.91 Å². The van der Waals surface area contributed by atoms with Crippen LogP contribution >= 0.6 is 0 Å². The van der Waals surface area contributed by atoms with E-state index in [1.807, 2.05) is 6.92 Å². The summed E-state index contributed by atoms with van der Waals surface area (Å²) in [7, 11) is 0. The van der Waals surface area contributed by atoms with Crippen molar-refractivity contribution >= 4 is 5.91 Å². The molecule has 3 N–H and O–H groups in total. The Balaban J connectivity index is 1.72. The SMILES string of the molecule is CC1(OCC(=O)NC2CCCCCC2O)CNC1. The highest BCUT2D eigenvalue weighted by atomic mass is 16.5. The van der Waals surface area contributed by atoms with Crippen molar-refractivity contribution in [1.29, 1.82) is 0 Å². The predicted octanol–water partition coefficient (Wildman–Crippen LogP) is 0.175. The maximum Gasteiger partial charge on any atom is 0.246 e. The Morgan fingerprint density at radius 2 is 2.11 bits per heavy atom. The Hall–Kier alpha value is -0.650. The van der Waals surface area contributed by atoms with Gasteiger partial charge in [0.1, 0.15) is 6.61 Å². The Labute approximate surface area is 108 Å². The van der Waals surface area contributed by atoms with E-state index < -0.39 is 6.10 Å². The molecule has 0 bridgehead atoms. The summed E-state index contributed by atoms with van der Waals surface area (Å²) < 4.78 is 5.58. The highest BCUT2D eigenvalue weighted by Gasteiger charge is 2.33. The standard InChI is InChI=1S/C13H24N2O3/c1-13(8-14-9-13)18-7-12(17)15-10-5-3-2-4-6-11(10)16/h10-11,14,16H,2-9H2,1H3,(H,15,17). The molecule has 1 amide bonds. The molecule has 0 aromatic heterocycles. The Kier molecular flexibility index (Phi) is 4.59. The number of hydrogen-bond acceptors (Lipinski definition) is 4. The van der Waals surface area contributed by atoms with Crippen LogP contribution in [0.15, 0.2) is 0 Å². The molecule has 2 fully saturated rings. The van der Waals surface area contributed by atoms with Gasteiger partial charge in [-0.25, -0.2) is 0 Å². The first-order chi connectivity index (χ1) is 8.59. The summed E-state index contributed by atoms with van der Waals surface area (Å²) >= 11 is 0.